The summed E-state index contributed by atoms with van der Waals surface area (Å²) >= 11 is 0. The number of hydrogen-bond donors (Lipinski definition) is 1. The molecule has 1 N–H and O–H groups in total. The number of fused-ring (bicyclic) bond motifs is 1. The van der Waals surface area contributed by atoms with Gasteiger partial charge in [0.25, 0.3) is 0 Å². The lowest BCUT2D eigenvalue weighted by atomic mass is 9.77. The molecule has 1 saturated carbocycles. The van der Waals surface area contributed by atoms with Gasteiger partial charge in [-0.15, -0.1) is 0 Å². The number of nitrogens with one attached hydrogen (secondary N) is 1. The Kier molecular flexibility index (Phi) is 4.85. The average Bonchev–Trinajstić information content (AvgIpc) is 2.85. The molecule has 0 spiro atoms. The summed E-state index contributed by atoms with van der Waals surface area (Å²) in [4.78, 5) is 9.41. The van der Waals surface area contributed by atoms with E-state index in [0.717, 1.165) is 49.0 Å². The summed E-state index contributed by atoms with van der Waals surface area (Å²) in [6.07, 6.45) is 0.442. The van der Waals surface area contributed by atoms with Crippen molar-refractivity contribution in [3.8, 4) is 0 Å². The second-order valence-electron chi connectivity index (χ2n) is 6.95. The lowest BCUT2D eigenvalue weighted by molar-refractivity contribution is -0.152. The van der Waals surface area contributed by atoms with Crippen LogP contribution in [0.15, 0.2) is 18.2 Å². The molecular weight excluding hydrogens is 315 g/mol. The summed E-state index contributed by atoms with van der Waals surface area (Å²) in [5.74, 6) is 1.48. The quantitative estimate of drug-likeness (QED) is 0.849. The van der Waals surface area contributed by atoms with Gasteiger partial charge in [-0.2, -0.15) is 13.2 Å². The van der Waals surface area contributed by atoms with Crippen LogP contribution in [-0.2, 0) is 12.8 Å². The van der Waals surface area contributed by atoms with Gasteiger partial charge in [0.15, 0.2) is 0 Å². The fraction of sp³-hybridized carbons (Fsp3) is 0.611. The van der Waals surface area contributed by atoms with Crippen molar-refractivity contribution in [3.05, 3.63) is 29.6 Å². The van der Waals surface area contributed by atoms with Crippen molar-refractivity contribution in [2.24, 2.45) is 5.92 Å². The maximum atomic E-state index is 12.4. The maximum Gasteiger partial charge on any atom is 0.401 e. The van der Waals surface area contributed by atoms with Gasteiger partial charge in [0.2, 0.25) is 0 Å². The van der Waals surface area contributed by atoms with E-state index in [2.05, 4.69) is 29.0 Å². The summed E-state index contributed by atoms with van der Waals surface area (Å²) in [5.41, 5.74) is 3.34. The Morgan fingerprint density at radius 3 is 2.71 bits per heavy atom. The number of halogens is 3. The first-order valence-electron chi connectivity index (χ1n) is 8.58. The fourth-order valence-electron chi connectivity index (χ4n) is 3.50. The molecule has 132 valence electrons. The molecule has 0 bridgehead atoms. The van der Waals surface area contributed by atoms with Crippen LogP contribution in [0.2, 0.25) is 0 Å². The van der Waals surface area contributed by atoms with Gasteiger partial charge in [-0.1, -0.05) is 13.0 Å². The predicted octanol–water partition coefficient (Wildman–Crippen LogP) is 4.33. The van der Waals surface area contributed by atoms with Gasteiger partial charge >= 0.3 is 6.18 Å². The van der Waals surface area contributed by atoms with Crippen molar-refractivity contribution >= 4 is 11.0 Å². The summed E-state index contributed by atoms with van der Waals surface area (Å²) in [6, 6.07) is 6.34. The normalized spacial score (nSPS) is 21.4. The van der Waals surface area contributed by atoms with Crippen molar-refractivity contribution in [2.75, 3.05) is 13.6 Å². The molecule has 1 aromatic heterocycles. The number of rotatable bonds is 6. The van der Waals surface area contributed by atoms with E-state index in [1.54, 1.807) is 7.05 Å². The molecular formula is C18H24F3N3. The molecule has 0 saturated heterocycles. The largest absolute Gasteiger partial charge is 0.401 e. The molecule has 1 aromatic carbocycles. The first-order chi connectivity index (χ1) is 11.3. The molecule has 1 aliphatic rings. The lowest BCUT2D eigenvalue weighted by Crippen LogP contribution is -2.46. The third-order valence-electron chi connectivity index (χ3n) is 5.06. The average molecular weight is 339 g/mol. The summed E-state index contributed by atoms with van der Waals surface area (Å²) < 4.78 is 37.2. The van der Waals surface area contributed by atoms with Crippen molar-refractivity contribution < 1.29 is 13.2 Å². The Bertz CT molecular complexity index is 686. The van der Waals surface area contributed by atoms with E-state index in [4.69, 9.17) is 0 Å². The van der Waals surface area contributed by atoms with Gasteiger partial charge in [0, 0.05) is 12.5 Å². The van der Waals surface area contributed by atoms with E-state index in [9.17, 15) is 13.2 Å². The van der Waals surface area contributed by atoms with Gasteiger partial charge in [0.1, 0.15) is 5.82 Å². The van der Waals surface area contributed by atoms with Crippen molar-refractivity contribution in [3.63, 3.8) is 0 Å². The first-order valence-corrected chi connectivity index (χ1v) is 8.58. The number of aromatic amines is 1. The molecule has 24 heavy (non-hydrogen) atoms. The van der Waals surface area contributed by atoms with Crippen LogP contribution in [0.4, 0.5) is 13.2 Å². The highest BCUT2D eigenvalue weighted by atomic mass is 19.4. The standard InChI is InChI=1S/C18H24F3N3/c1-3-12-4-6-15-16(10-12)23-17(22-15)7-5-13-8-14(9-13)24(2)11-18(19,20)21/h4,6,10,13-14H,3,5,7-9,11H2,1-2H3,(H,22,23). The van der Waals surface area contributed by atoms with E-state index < -0.39 is 12.7 Å². The Balaban J connectivity index is 1.48. The molecule has 0 aliphatic heterocycles. The number of alkyl halides is 3. The highest BCUT2D eigenvalue weighted by Crippen LogP contribution is 2.35. The summed E-state index contributed by atoms with van der Waals surface area (Å²) in [7, 11) is 1.57. The number of benzene rings is 1. The number of H-pyrrole nitrogens is 1. The van der Waals surface area contributed by atoms with Crippen molar-refractivity contribution in [1.29, 1.82) is 0 Å². The predicted molar refractivity (Wildman–Crippen MR) is 89.0 cm³/mol. The van der Waals surface area contributed by atoms with Crippen LogP contribution >= 0.6 is 0 Å². The van der Waals surface area contributed by atoms with Crippen LogP contribution in [-0.4, -0.2) is 40.7 Å². The van der Waals surface area contributed by atoms with Gasteiger partial charge in [0.05, 0.1) is 17.6 Å². The minimum absolute atomic E-state index is 0.0689. The molecule has 1 fully saturated rings. The van der Waals surface area contributed by atoms with Crippen LogP contribution in [0, 0.1) is 5.92 Å². The monoisotopic (exact) mass is 339 g/mol. The zero-order valence-electron chi connectivity index (χ0n) is 14.2. The first kappa shape index (κ1) is 17.3. The van der Waals surface area contributed by atoms with E-state index in [-0.39, 0.29) is 6.04 Å². The number of aryl methyl sites for hydroxylation is 2. The molecule has 0 radical (unpaired) electrons. The van der Waals surface area contributed by atoms with E-state index >= 15 is 0 Å². The Hall–Kier alpha value is -1.56. The van der Waals surface area contributed by atoms with Gasteiger partial charge in [-0.3, -0.25) is 4.90 Å². The molecule has 0 amide bonds. The van der Waals surface area contributed by atoms with Gasteiger partial charge < -0.3 is 4.98 Å². The number of nitrogens with zero attached hydrogens (tertiary/aromatic N) is 2. The van der Waals surface area contributed by atoms with Crippen LogP contribution < -0.4 is 0 Å². The van der Waals surface area contributed by atoms with E-state index in [1.165, 1.54) is 10.5 Å². The number of aromatic nitrogens is 2. The Labute approximate surface area is 140 Å². The topological polar surface area (TPSA) is 31.9 Å². The minimum Gasteiger partial charge on any atom is -0.342 e. The van der Waals surface area contributed by atoms with Gasteiger partial charge in [-0.25, -0.2) is 4.98 Å². The lowest BCUT2D eigenvalue weighted by Gasteiger charge is -2.41. The molecule has 0 unspecified atom stereocenters. The third kappa shape index (κ3) is 4.09. The molecule has 2 aromatic rings. The van der Waals surface area contributed by atoms with Crippen LogP contribution in [0.5, 0.6) is 0 Å². The van der Waals surface area contributed by atoms with E-state index in [1.807, 2.05) is 6.07 Å². The minimum atomic E-state index is -4.11. The molecule has 3 nitrogen and oxygen atoms in total. The second kappa shape index (κ2) is 6.75. The zero-order valence-corrected chi connectivity index (χ0v) is 14.2. The number of hydrogen-bond acceptors (Lipinski definition) is 2. The van der Waals surface area contributed by atoms with Crippen LogP contribution in [0.25, 0.3) is 11.0 Å². The molecule has 1 aliphatic carbocycles. The zero-order chi connectivity index (χ0) is 17.3. The smallest absolute Gasteiger partial charge is 0.342 e. The number of imidazole rings is 1. The Morgan fingerprint density at radius 1 is 1.29 bits per heavy atom. The molecule has 6 heteroatoms. The molecule has 0 atom stereocenters. The maximum absolute atomic E-state index is 12.4. The van der Waals surface area contributed by atoms with Gasteiger partial charge in [-0.05, 0) is 56.3 Å². The second-order valence-corrected chi connectivity index (χ2v) is 6.95. The highest BCUT2D eigenvalue weighted by Gasteiger charge is 2.37. The van der Waals surface area contributed by atoms with E-state index in [0.29, 0.717) is 5.92 Å². The van der Waals surface area contributed by atoms with Crippen molar-refractivity contribution in [1.82, 2.24) is 14.9 Å². The Morgan fingerprint density at radius 2 is 2.04 bits per heavy atom. The molecule has 3 rings (SSSR count). The summed E-state index contributed by atoms with van der Waals surface area (Å²) in [6.45, 7) is 1.31. The van der Waals surface area contributed by atoms with Crippen molar-refractivity contribution in [2.45, 2.75) is 51.2 Å². The van der Waals surface area contributed by atoms with Crippen LogP contribution in [0.1, 0.15) is 37.6 Å². The fourth-order valence-corrected chi connectivity index (χ4v) is 3.50. The molecule has 1 heterocycles. The van der Waals surface area contributed by atoms with Crippen LogP contribution in [0.3, 0.4) is 0 Å². The SMILES string of the molecule is CCc1ccc2nc(CCC3CC(N(C)CC(F)(F)F)C3)[nH]c2c1. The summed E-state index contributed by atoms with van der Waals surface area (Å²) in [5, 5.41) is 0. The highest BCUT2D eigenvalue weighted by molar-refractivity contribution is 5.75. The third-order valence-corrected chi connectivity index (χ3v) is 5.06.